The van der Waals surface area contributed by atoms with Gasteiger partial charge < -0.3 is 21.7 Å². The number of aromatic nitrogens is 5. The van der Waals surface area contributed by atoms with Gasteiger partial charge in [0, 0.05) is 18.8 Å². The Kier molecular flexibility index (Phi) is 4.87. The zero-order valence-electron chi connectivity index (χ0n) is 15.7. The lowest BCUT2D eigenvalue weighted by atomic mass is 9.97. The monoisotopic (exact) mass is 391 g/mol. The predicted octanol–water partition coefficient (Wildman–Crippen LogP) is 0.882. The molecule has 0 spiro atoms. The van der Waals surface area contributed by atoms with Crippen LogP contribution in [-0.4, -0.2) is 44.0 Å². The molecule has 1 saturated heterocycles. The summed E-state index contributed by atoms with van der Waals surface area (Å²) in [7, 11) is 0. The first-order valence-electron chi connectivity index (χ1n) is 9.25. The molecule has 0 bridgehead atoms. The van der Waals surface area contributed by atoms with Crippen LogP contribution in [0.4, 0.5) is 23.1 Å². The molecule has 4 rings (SSSR count). The van der Waals surface area contributed by atoms with E-state index in [1.54, 1.807) is 10.9 Å². The van der Waals surface area contributed by atoms with Crippen molar-refractivity contribution >= 4 is 40.1 Å². The Hall–Kier alpha value is -3.87. The topological polar surface area (TPSA) is 141 Å². The maximum Gasteiger partial charge on any atom is 0.229 e. The molecular formula is C19H21N9O. The molecule has 1 aliphatic rings. The van der Waals surface area contributed by atoms with Gasteiger partial charge in [-0.2, -0.15) is 4.98 Å². The Morgan fingerprint density at radius 3 is 3.03 bits per heavy atom. The van der Waals surface area contributed by atoms with E-state index < -0.39 is 0 Å². The maximum atomic E-state index is 11.5. The molecule has 1 fully saturated rings. The number of hydrogen-bond donors (Lipinski definition) is 3. The number of nitrogen functional groups attached to an aromatic ring is 1. The van der Waals surface area contributed by atoms with E-state index in [1.807, 2.05) is 23.1 Å². The number of carbonyl (C=O) groups is 1. The van der Waals surface area contributed by atoms with Crippen molar-refractivity contribution in [2.24, 2.45) is 11.7 Å². The van der Waals surface area contributed by atoms with Crippen LogP contribution in [-0.2, 0) is 11.3 Å². The first kappa shape index (κ1) is 18.5. The van der Waals surface area contributed by atoms with Crippen molar-refractivity contribution in [3.05, 3.63) is 24.4 Å². The van der Waals surface area contributed by atoms with Crippen LogP contribution in [0.15, 0.2) is 24.4 Å². The Balaban J connectivity index is 1.54. The molecule has 1 amide bonds. The normalized spacial score (nSPS) is 16.5. The summed E-state index contributed by atoms with van der Waals surface area (Å²) in [6.45, 7) is 1.64. The minimum atomic E-state index is -0.290. The highest BCUT2D eigenvalue weighted by molar-refractivity contribution is 5.80. The fourth-order valence-electron chi connectivity index (χ4n) is 3.50. The van der Waals surface area contributed by atoms with E-state index in [1.165, 1.54) is 0 Å². The van der Waals surface area contributed by atoms with Gasteiger partial charge in [-0.25, -0.2) is 9.67 Å². The summed E-state index contributed by atoms with van der Waals surface area (Å²) >= 11 is 0. The highest BCUT2D eigenvalue weighted by Crippen LogP contribution is 2.28. The highest BCUT2D eigenvalue weighted by atomic mass is 16.1. The smallest absolute Gasteiger partial charge is 0.229 e. The third-order valence-electron chi connectivity index (χ3n) is 4.97. The van der Waals surface area contributed by atoms with Crippen molar-refractivity contribution in [2.45, 2.75) is 19.4 Å². The molecule has 1 atom stereocenters. The zero-order chi connectivity index (χ0) is 20.4. The first-order valence-corrected chi connectivity index (χ1v) is 9.25. The summed E-state index contributed by atoms with van der Waals surface area (Å²) in [5, 5.41) is 11.3. The zero-order valence-corrected chi connectivity index (χ0v) is 15.7. The third kappa shape index (κ3) is 3.75. The molecule has 0 saturated carbocycles. The second-order valence-corrected chi connectivity index (χ2v) is 6.93. The number of rotatable bonds is 5. The maximum absolute atomic E-state index is 11.5. The number of piperidine rings is 1. The van der Waals surface area contributed by atoms with Gasteiger partial charge >= 0.3 is 0 Å². The third-order valence-corrected chi connectivity index (χ3v) is 4.97. The quantitative estimate of drug-likeness (QED) is 0.544. The summed E-state index contributed by atoms with van der Waals surface area (Å²) in [5.74, 6) is 2.78. The fourth-order valence-corrected chi connectivity index (χ4v) is 3.50. The van der Waals surface area contributed by atoms with Crippen LogP contribution in [0.1, 0.15) is 12.8 Å². The number of terminal acetylenes is 1. The summed E-state index contributed by atoms with van der Waals surface area (Å²) < 4.78 is 1.64. The SMILES string of the molecule is C#CCn1nnc2ccc(Nc3ncc(N4CCC[C@H](C(N)=O)C4)c(N)n3)cc21. The minimum Gasteiger partial charge on any atom is -0.382 e. The van der Waals surface area contributed by atoms with Crippen molar-refractivity contribution in [1.82, 2.24) is 25.0 Å². The summed E-state index contributed by atoms with van der Waals surface area (Å²) in [5.41, 5.74) is 14.6. The second-order valence-electron chi connectivity index (χ2n) is 6.93. The second kappa shape index (κ2) is 7.63. The number of carbonyl (C=O) groups excluding carboxylic acids is 1. The van der Waals surface area contributed by atoms with E-state index in [0.29, 0.717) is 30.5 Å². The molecular weight excluding hydrogens is 370 g/mol. The summed E-state index contributed by atoms with van der Waals surface area (Å²) in [4.78, 5) is 22.3. The number of nitrogens with one attached hydrogen (secondary N) is 1. The Labute approximate surface area is 167 Å². The van der Waals surface area contributed by atoms with Crippen LogP contribution in [0.3, 0.4) is 0 Å². The molecule has 2 aromatic heterocycles. The molecule has 0 unspecified atom stereocenters. The number of hydrogen-bond acceptors (Lipinski definition) is 8. The van der Waals surface area contributed by atoms with Crippen molar-refractivity contribution in [1.29, 1.82) is 0 Å². The molecule has 29 heavy (non-hydrogen) atoms. The first-order chi connectivity index (χ1) is 14.0. The van der Waals surface area contributed by atoms with Gasteiger partial charge in [0.15, 0.2) is 5.82 Å². The van der Waals surface area contributed by atoms with E-state index in [2.05, 4.69) is 31.5 Å². The molecule has 148 valence electrons. The van der Waals surface area contributed by atoms with Gasteiger partial charge in [0.2, 0.25) is 11.9 Å². The van der Waals surface area contributed by atoms with E-state index in [-0.39, 0.29) is 11.8 Å². The van der Waals surface area contributed by atoms with Gasteiger partial charge in [-0.15, -0.1) is 11.5 Å². The van der Waals surface area contributed by atoms with Crippen LogP contribution < -0.4 is 21.7 Å². The van der Waals surface area contributed by atoms with E-state index in [4.69, 9.17) is 17.9 Å². The molecule has 1 aromatic carbocycles. The van der Waals surface area contributed by atoms with Gasteiger partial charge in [-0.1, -0.05) is 11.1 Å². The fraction of sp³-hybridized carbons (Fsp3) is 0.316. The van der Waals surface area contributed by atoms with Gasteiger partial charge in [-0.3, -0.25) is 4.79 Å². The summed E-state index contributed by atoms with van der Waals surface area (Å²) in [6, 6.07) is 5.57. The van der Waals surface area contributed by atoms with Crippen LogP contribution in [0.2, 0.25) is 0 Å². The number of fused-ring (bicyclic) bond motifs is 1. The van der Waals surface area contributed by atoms with Crippen LogP contribution in [0, 0.1) is 18.3 Å². The number of amides is 1. The molecule has 0 aliphatic carbocycles. The molecule has 1 aliphatic heterocycles. The largest absolute Gasteiger partial charge is 0.382 e. The molecule has 3 heterocycles. The van der Waals surface area contributed by atoms with Gasteiger partial charge in [0.05, 0.1) is 23.3 Å². The van der Waals surface area contributed by atoms with E-state index >= 15 is 0 Å². The summed E-state index contributed by atoms with van der Waals surface area (Å²) in [6.07, 6.45) is 8.69. The number of anilines is 4. The molecule has 10 nitrogen and oxygen atoms in total. The molecule has 5 N–H and O–H groups in total. The number of nitrogens with zero attached hydrogens (tertiary/aromatic N) is 6. The van der Waals surface area contributed by atoms with Crippen LogP contribution >= 0.6 is 0 Å². The Bertz CT molecular complexity index is 1100. The van der Waals surface area contributed by atoms with Crippen molar-refractivity contribution in [2.75, 3.05) is 29.0 Å². The lowest BCUT2D eigenvalue weighted by Gasteiger charge is -2.33. The van der Waals surface area contributed by atoms with Gasteiger partial charge in [-0.05, 0) is 31.0 Å². The Morgan fingerprint density at radius 2 is 2.28 bits per heavy atom. The van der Waals surface area contributed by atoms with Crippen molar-refractivity contribution in [3.8, 4) is 12.3 Å². The van der Waals surface area contributed by atoms with Crippen molar-refractivity contribution in [3.63, 3.8) is 0 Å². The number of benzene rings is 1. The lowest BCUT2D eigenvalue weighted by Crippen LogP contribution is -2.41. The van der Waals surface area contributed by atoms with E-state index in [9.17, 15) is 4.79 Å². The number of primary amides is 1. The standard InChI is InChI=1S/C19H21N9O/c1-2-7-28-15-9-13(5-6-14(15)25-26-28)23-19-22-10-16(17(20)24-19)27-8-3-4-12(11-27)18(21)29/h1,5-6,9-10,12H,3-4,7-8,11H2,(H2,21,29)(H3,20,22,23,24)/t12-/m0/s1. The molecule has 10 heteroatoms. The minimum absolute atomic E-state index is 0.186. The lowest BCUT2D eigenvalue weighted by molar-refractivity contribution is -0.122. The van der Waals surface area contributed by atoms with E-state index in [0.717, 1.165) is 36.1 Å². The van der Waals surface area contributed by atoms with Gasteiger partial charge in [0.25, 0.3) is 0 Å². The average molecular weight is 391 g/mol. The molecule has 0 radical (unpaired) electrons. The Morgan fingerprint density at radius 1 is 1.41 bits per heavy atom. The van der Waals surface area contributed by atoms with Gasteiger partial charge in [0.1, 0.15) is 12.1 Å². The highest BCUT2D eigenvalue weighted by Gasteiger charge is 2.25. The molecule has 3 aromatic rings. The average Bonchev–Trinajstić information content (AvgIpc) is 3.11. The number of nitrogens with two attached hydrogens (primary N) is 2. The van der Waals surface area contributed by atoms with Crippen molar-refractivity contribution < 1.29 is 4.79 Å². The van der Waals surface area contributed by atoms with Crippen LogP contribution in [0.25, 0.3) is 11.0 Å². The predicted molar refractivity (Wildman–Crippen MR) is 110 cm³/mol. The van der Waals surface area contributed by atoms with Crippen LogP contribution in [0.5, 0.6) is 0 Å².